The zero-order chi connectivity index (χ0) is 14.3. The van der Waals surface area contributed by atoms with Crippen molar-refractivity contribution < 1.29 is 14.3 Å². The van der Waals surface area contributed by atoms with E-state index in [1.165, 1.54) is 22.3 Å². The molecule has 2 aliphatic heterocycles. The lowest BCUT2D eigenvalue weighted by Crippen LogP contribution is -2.30. The highest BCUT2D eigenvalue weighted by atomic mass is 16.6. The third-order valence-corrected chi connectivity index (χ3v) is 4.29. The second kappa shape index (κ2) is 5.09. The smallest absolute Gasteiger partial charge is 0.409 e. The van der Waals surface area contributed by atoms with E-state index in [0.29, 0.717) is 26.3 Å². The number of carbonyl (C=O) groups is 1. The van der Waals surface area contributed by atoms with Crippen LogP contribution in [0.15, 0.2) is 12.1 Å². The van der Waals surface area contributed by atoms with Crippen LogP contribution in [-0.2, 0) is 16.1 Å². The Morgan fingerprint density at radius 2 is 2.20 bits per heavy atom. The largest absolute Gasteiger partial charge is 0.450 e. The van der Waals surface area contributed by atoms with Crippen LogP contribution in [0.2, 0.25) is 0 Å². The lowest BCUT2D eigenvalue weighted by molar-refractivity contribution is 0.0241. The maximum absolute atomic E-state index is 11.9. The average Bonchev–Trinajstić information content (AvgIpc) is 2.83. The minimum Gasteiger partial charge on any atom is -0.450 e. The summed E-state index contributed by atoms with van der Waals surface area (Å²) >= 11 is 0. The number of hydrogen-bond acceptors (Lipinski definition) is 3. The van der Waals surface area contributed by atoms with Gasteiger partial charge < -0.3 is 14.4 Å². The summed E-state index contributed by atoms with van der Waals surface area (Å²) in [5.41, 5.74) is 5.21. The van der Waals surface area contributed by atoms with Crippen molar-refractivity contribution in [1.29, 1.82) is 0 Å². The first-order chi connectivity index (χ1) is 9.60. The van der Waals surface area contributed by atoms with E-state index in [4.69, 9.17) is 9.47 Å². The van der Waals surface area contributed by atoms with Crippen LogP contribution >= 0.6 is 0 Å². The first kappa shape index (κ1) is 13.4. The van der Waals surface area contributed by atoms with Crippen LogP contribution < -0.4 is 0 Å². The topological polar surface area (TPSA) is 38.8 Å². The molecule has 1 fully saturated rings. The molecule has 0 bridgehead atoms. The number of aryl methyl sites for hydroxylation is 2. The summed E-state index contributed by atoms with van der Waals surface area (Å²) in [5.74, 6) is 0.279. The molecule has 20 heavy (non-hydrogen) atoms. The Labute approximate surface area is 119 Å². The van der Waals surface area contributed by atoms with Crippen molar-refractivity contribution in [2.24, 2.45) is 0 Å². The number of hydrogen-bond donors (Lipinski definition) is 0. The van der Waals surface area contributed by atoms with Gasteiger partial charge in [0.1, 0.15) is 0 Å². The van der Waals surface area contributed by atoms with E-state index in [0.717, 1.165) is 0 Å². The molecule has 0 unspecified atom stereocenters. The third kappa shape index (κ3) is 2.18. The first-order valence-electron chi connectivity index (χ1n) is 7.23. The lowest BCUT2D eigenvalue weighted by Gasteiger charge is -2.29. The molecule has 4 heteroatoms. The van der Waals surface area contributed by atoms with Gasteiger partial charge in [0.15, 0.2) is 0 Å². The first-order valence-corrected chi connectivity index (χ1v) is 7.23. The molecular weight excluding hydrogens is 254 g/mol. The maximum atomic E-state index is 11.9. The van der Waals surface area contributed by atoms with Gasteiger partial charge in [-0.25, -0.2) is 4.79 Å². The average molecular weight is 275 g/mol. The summed E-state index contributed by atoms with van der Waals surface area (Å²) in [5, 5.41) is 0. The van der Waals surface area contributed by atoms with Crippen LogP contribution in [0.1, 0.15) is 35.1 Å². The van der Waals surface area contributed by atoms with Crippen LogP contribution in [0.4, 0.5) is 4.79 Å². The monoisotopic (exact) mass is 275 g/mol. The van der Waals surface area contributed by atoms with Crippen molar-refractivity contribution in [3.63, 3.8) is 0 Å². The van der Waals surface area contributed by atoms with Gasteiger partial charge in [-0.1, -0.05) is 17.7 Å². The molecule has 4 nitrogen and oxygen atoms in total. The van der Waals surface area contributed by atoms with Gasteiger partial charge >= 0.3 is 6.09 Å². The Hall–Kier alpha value is -1.55. The van der Waals surface area contributed by atoms with Gasteiger partial charge in [0.05, 0.1) is 25.9 Å². The van der Waals surface area contributed by atoms with Crippen molar-refractivity contribution in [2.75, 3.05) is 19.7 Å². The van der Waals surface area contributed by atoms with Crippen LogP contribution in [-0.4, -0.2) is 36.8 Å². The van der Waals surface area contributed by atoms with Crippen molar-refractivity contribution >= 4 is 6.09 Å². The molecule has 2 heterocycles. The van der Waals surface area contributed by atoms with Crippen LogP contribution in [0.5, 0.6) is 0 Å². The Bertz CT molecular complexity index is 541. The van der Waals surface area contributed by atoms with Gasteiger partial charge in [0.25, 0.3) is 0 Å². The highest BCUT2D eigenvalue weighted by molar-refractivity contribution is 5.68. The van der Waals surface area contributed by atoms with E-state index >= 15 is 0 Å². The molecule has 1 saturated heterocycles. The number of benzene rings is 1. The number of rotatable bonds is 1. The van der Waals surface area contributed by atoms with Gasteiger partial charge in [-0.05, 0) is 37.5 Å². The second-order valence-electron chi connectivity index (χ2n) is 5.71. The number of likely N-dealkylation sites (tertiary alicyclic amines) is 1. The SMILES string of the molecule is CCOC(=O)N1C[C@@H]2OCc3c(C)cc(C)cc3[C@@H]2C1. The minimum atomic E-state index is -0.226. The minimum absolute atomic E-state index is 0.105. The van der Waals surface area contributed by atoms with Crippen molar-refractivity contribution in [3.8, 4) is 0 Å². The molecule has 1 amide bonds. The molecule has 0 radical (unpaired) electrons. The molecule has 2 aliphatic rings. The van der Waals surface area contributed by atoms with Gasteiger partial charge in [0.2, 0.25) is 0 Å². The molecule has 0 aliphatic carbocycles. The van der Waals surface area contributed by atoms with Gasteiger partial charge in [0, 0.05) is 12.5 Å². The molecule has 0 N–H and O–H groups in total. The number of amides is 1. The Balaban J connectivity index is 1.88. The molecule has 0 aromatic heterocycles. The van der Waals surface area contributed by atoms with E-state index in [-0.39, 0.29) is 18.1 Å². The molecule has 108 valence electrons. The fourth-order valence-corrected chi connectivity index (χ4v) is 3.35. The van der Waals surface area contributed by atoms with Gasteiger partial charge in [-0.15, -0.1) is 0 Å². The third-order valence-electron chi connectivity index (χ3n) is 4.29. The van der Waals surface area contributed by atoms with E-state index in [2.05, 4.69) is 26.0 Å². The summed E-state index contributed by atoms with van der Waals surface area (Å²) < 4.78 is 11.1. The zero-order valence-electron chi connectivity index (χ0n) is 12.3. The molecular formula is C16H21NO3. The summed E-state index contributed by atoms with van der Waals surface area (Å²) in [7, 11) is 0. The molecule has 3 rings (SSSR count). The van der Waals surface area contributed by atoms with Crippen molar-refractivity contribution in [1.82, 2.24) is 4.90 Å². The van der Waals surface area contributed by atoms with E-state index in [1.807, 2.05) is 6.92 Å². The normalized spacial score (nSPS) is 24.2. The van der Waals surface area contributed by atoms with Gasteiger partial charge in [-0.2, -0.15) is 0 Å². The summed E-state index contributed by atoms with van der Waals surface area (Å²) in [4.78, 5) is 13.7. The van der Waals surface area contributed by atoms with Crippen LogP contribution in [0.3, 0.4) is 0 Å². The Morgan fingerprint density at radius 3 is 2.95 bits per heavy atom. The quantitative estimate of drug-likeness (QED) is 0.791. The van der Waals surface area contributed by atoms with E-state index in [1.54, 1.807) is 4.90 Å². The van der Waals surface area contributed by atoms with Crippen LogP contribution in [0, 0.1) is 13.8 Å². The second-order valence-corrected chi connectivity index (χ2v) is 5.71. The summed E-state index contributed by atoms with van der Waals surface area (Å²) in [6.07, 6.45) is -0.121. The van der Waals surface area contributed by atoms with Gasteiger partial charge in [-0.3, -0.25) is 0 Å². The fraction of sp³-hybridized carbons (Fsp3) is 0.562. The molecule has 0 spiro atoms. The zero-order valence-corrected chi connectivity index (χ0v) is 12.3. The fourth-order valence-electron chi connectivity index (χ4n) is 3.35. The van der Waals surface area contributed by atoms with E-state index in [9.17, 15) is 4.79 Å². The molecule has 0 saturated carbocycles. The molecule has 2 atom stereocenters. The standard InChI is InChI=1S/C16H21NO3/c1-4-19-16(18)17-7-13-12-6-10(2)5-11(3)14(12)9-20-15(13)8-17/h5-6,13,15H,4,7-9H2,1-3H3/t13-,15-/m0/s1. The summed E-state index contributed by atoms with van der Waals surface area (Å²) in [6.45, 7) is 8.48. The van der Waals surface area contributed by atoms with Crippen LogP contribution in [0.25, 0.3) is 0 Å². The number of carbonyl (C=O) groups excluding carboxylic acids is 1. The highest BCUT2D eigenvalue weighted by Crippen LogP contribution is 2.38. The Kier molecular flexibility index (Phi) is 3.42. The van der Waals surface area contributed by atoms with Crippen molar-refractivity contribution in [2.45, 2.75) is 39.4 Å². The Morgan fingerprint density at radius 1 is 1.40 bits per heavy atom. The number of fused-ring (bicyclic) bond motifs is 3. The number of nitrogens with zero attached hydrogens (tertiary/aromatic N) is 1. The predicted molar refractivity (Wildman–Crippen MR) is 75.8 cm³/mol. The molecule has 1 aromatic carbocycles. The number of ether oxygens (including phenoxy) is 2. The summed E-state index contributed by atoms with van der Waals surface area (Å²) in [6, 6.07) is 4.44. The maximum Gasteiger partial charge on any atom is 0.409 e. The lowest BCUT2D eigenvalue weighted by atomic mass is 9.86. The highest BCUT2D eigenvalue weighted by Gasteiger charge is 2.41. The molecule has 1 aromatic rings. The van der Waals surface area contributed by atoms with Crippen molar-refractivity contribution in [3.05, 3.63) is 34.4 Å². The predicted octanol–water partition coefficient (Wildman–Crippen LogP) is 2.76. The van der Waals surface area contributed by atoms with E-state index < -0.39 is 0 Å².